The van der Waals surface area contributed by atoms with Gasteiger partial charge in [0.25, 0.3) is 10.0 Å². The van der Waals surface area contributed by atoms with Crippen LogP contribution in [0.4, 0.5) is 11.4 Å². The van der Waals surface area contributed by atoms with Crippen LogP contribution in [0.5, 0.6) is 0 Å². The van der Waals surface area contributed by atoms with Crippen molar-refractivity contribution in [2.24, 2.45) is 0 Å². The molecule has 1 aliphatic rings. The van der Waals surface area contributed by atoms with Crippen molar-refractivity contribution in [1.82, 2.24) is 9.88 Å². The predicted molar refractivity (Wildman–Crippen MR) is 129 cm³/mol. The first-order valence-electron chi connectivity index (χ1n) is 11.1. The second-order valence-corrected chi connectivity index (χ2v) is 9.93. The second-order valence-electron chi connectivity index (χ2n) is 8.28. The monoisotopic (exact) mass is 482 g/mol. The van der Waals surface area contributed by atoms with E-state index in [0.29, 0.717) is 11.1 Å². The molecule has 0 spiro atoms. The fourth-order valence-corrected chi connectivity index (χ4v) is 5.31. The number of hydrogen-bond donors (Lipinski definition) is 3. The molecule has 0 bridgehead atoms. The van der Waals surface area contributed by atoms with Gasteiger partial charge < -0.3 is 10.4 Å². The molecule has 34 heavy (non-hydrogen) atoms. The van der Waals surface area contributed by atoms with Crippen LogP contribution in [0.2, 0.25) is 0 Å². The number of benzene rings is 2. The number of fused-ring (bicyclic) bond motifs is 1. The van der Waals surface area contributed by atoms with Crippen molar-refractivity contribution in [1.29, 1.82) is 0 Å². The summed E-state index contributed by atoms with van der Waals surface area (Å²) in [6, 6.07) is 12.1. The Morgan fingerprint density at radius 1 is 0.971 bits per heavy atom. The lowest BCUT2D eigenvalue weighted by atomic mass is 10.1. The van der Waals surface area contributed by atoms with Crippen molar-refractivity contribution < 1.29 is 23.1 Å². The highest BCUT2D eigenvalue weighted by Crippen LogP contribution is 2.26. The topological polar surface area (TPSA) is 129 Å². The van der Waals surface area contributed by atoms with E-state index >= 15 is 0 Å². The third kappa shape index (κ3) is 5.70. The number of sulfonamides is 1. The number of nitrogens with one attached hydrogen (secondary N) is 2. The maximum atomic E-state index is 13.2. The lowest BCUT2D eigenvalue weighted by molar-refractivity contribution is -0.117. The van der Waals surface area contributed by atoms with Crippen LogP contribution in [0.25, 0.3) is 10.9 Å². The molecule has 2 aromatic carbocycles. The summed E-state index contributed by atoms with van der Waals surface area (Å²) in [5, 5.41) is 12.6. The summed E-state index contributed by atoms with van der Waals surface area (Å²) in [6.07, 6.45) is 5.97. The predicted octanol–water partition coefficient (Wildman–Crippen LogP) is 3.55. The van der Waals surface area contributed by atoms with Crippen LogP contribution in [0.3, 0.4) is 0 Å². The molecule has 3 N–H and O–H groups in total. The standard InChI is InChI=1S/C24H26N4O5S/c29-22(16-28-11-3-1-2-4-12-28)26-19-8-5-9-20(15-19)27-34(32,33)21-14-18(24(30)31)13-17-7-6-10-25-23(17)21/h5-10,13-15,27H,1-4,11-12,16H2,(H,26,29)(H,30,31). The van der Waals surface area contributed by atoms with Crippen LogP contribution < -0.4 is 10.0 Å². The molecule has 178 valence electrons. The zero-order valence-corrected chi connectivity index (χ0v) is 19.3. The molecule has 1 aliphatic heterocycles. The number of carbonyl (C=O) groups is 2. The molecule has 0 aliphatic carbocycles. The SMILES string of the molecule is O=C(CN1CCCCCC1)Nc1cccc(NS(=O)(=O)c2cc(C(=O)O)cc3cccnc23)c1. The summed E-state index contributed by atoms with van der Waals surface area (Å²) in [7, 11) is -4.16. The van der Waals surface area contributed by atoms with E-state index in [9.17, 15) is 23.1 Å². The average molecular weight is 483 g/mol. The number of nitrogens with zero attached hydrogens (tertiary/aromatic N) is 2. The number of carbonyl (C=O) groups excluding carboxylic acids is 1. The van der Waals surface area contributed by atoms with E-state index in [1.165, 1.54) is 31.2 Å². The van der Waals surface area contributed by atoms with Crippen LogP contribution in [0.1, 0.15) is 36.0 Å². The van der Waals surface area contributed by atoms with Gasteiger partial charge in [0.2, 0.25) is 5.91 Å². The van der Waals surface area contributed by atoms with Gasteiger partial charge in [-0.05, 0) is 62.3 Å². The number of rotatable bonds is 7. The van der Waals surface area contributed by atoms with Gasteiger partial charge in [-0.1, -0.05) is 25.0 Å². The fourth-order valence-electron chi connectivity index (χ4n) is 4.06. The van der Waals surface area contributed by atoms with E-state index < -0.39 is 16.0 Å². The number of hydrogen-bond acceptors (Lipinski definition) is 6. The van der Waals surface area contributed by atoms with Gasteiger partial charge in [0.05, 0.1) is 23.3 Å². The van der Waals surface area contributed by atoms with Gasteiger partial charge in [0.1, 0.15) is 4.90 Å². The number of aromatic nitrogens is 1. The van der Waals surface area contributed by atoms with E-state index in [4.69, 9.17) is 0 Å². The van der Waals surface area contributed by atoms with Crippen molar-refractivity contribution in [2.45, 2.75) is 30.6 Å². The third-order valence-electron chi connectivity index (χ3n) is 5.67. The van der Waals surface area contributed by atoms with E-state index in [0.717, 1.165) is 32.0 Å². The minimum Gasteiger partial charge on any atom is -0.478 e. The summed E-state index contributed by atoms with van der Waals surface area (Å²) in [4.78, 5) is 30.0. The summed E-state index contributed by atoms with van der Waals surface area (Å²) in [6.45, 7) is 2.07. The van der Waals surface area contributed by atoms with Gasteiger partial charge in [-0.2, -0.15) is 0 Å². The Hall–Kier alpha value is -3.50. The Morgan fingerprint density at radius 3 is 2.44 bits per heavy atom. The molecule has 1 amide bonds. The Kier molecular flexibility index (Phi) is 7.09. The molecule has 0 saturated carbocycles. The maximum Gasteiger partial charge on any atom is 0.335 e. The van der Waals surface area contributed by atoms with Crippen LogP contribution in [0, 0.1) is 0 Å². The minimum absolute atomic E-state index is 0.157. The normalized spacial score (nSPS) is 14.9. The molecule has 1 aromatic heterocycles. The first-order chi connectivity index (χ1) is 16.3. The van der Waals surface area contributed by atoms with E-state index in [2.05, 4.69) is 19.9 Å². The molecular formula is C24H26N4O5S. The first-order valence-corrected chi connectivity index (χ1v) is 12.6. The molecule has 9 nitrogen and oxygen atoms in total. The molecule has 3 aromatic rings. The highest BCUT2D eigenvalue weighted by Gasteiger charge is 2.22. The molecule has 1 fully saturated rings. The number of carboxylic acids is 1. The Morgan fingerprint density at radius 2 is 1.71 bits per heavy atom. The van der Waals surface area contributed by atoms with Crippen LogP contribution in [-0.4, -0.2) is 54.9 Å². The van der Waals surface area contributed by atoms with Gasteiger partial charge in [-0.25, -0.2) is 13.2 Å². The summed E-state index contributed by atoms with van der Waals surface area (Å²) in [5.41, 5.74) is 0.706. The number of aromatic carboxylic acids is 1. The summed E-state index contributed by atoms with van der Waals surface area (Å²) in [5.74, 6) is -1.40. The van der Waals surface area contributed by atoms with Crippen molar-refractivity contribution in [3.8, 4) is 0 Å². The largest absolute Gasteiger partial charge is 0.478 e. The smallest absolute Gasteiger partial charge is 0.335 e. The zero-order valence-electron chi connectivity index (χ0n) is 18.5. The number of anilines is 2. The lowest BCUT2D eigenvalue weighted by Crippen LogP contribution is -2.33. The molecule has 1 saturated heterocycles. The van der Waals surface area contributed by atoms with Crippen LogP contribution in [0.15, 0.2) is 59.6 Å². The Labute approximate surface area is 197 Å². The van der Waals surface area contributed by atoms with Crippen molar-refractivity contribution in [3.05, 3.63) is 60.3 Å². The number of carboxylic acid groups (broad SMARTS) is 1. The molecule has 4 rings (SSSR count). The summed E-state index contributed by atoms with van der Waals surface area (Å²) < 4.78 is 28.8. The molecule has 2 heterocycles. The van der Waals surface area contributed by atoms with Gasteiger partial charge in [-0.15, -0.1) is 0 Å². The van der Waals surface area contributed by atoms with E-state index in [1.54, 1.807) is 30.3 Å². The number of likely N-dealkylation sites (tertiary alicyclic amines) is 1. The highest BCUT2D eigenvalue weighted by atomic mass is 32.2. The molecule has 0 radical (unpaired) electrons. The second kappa shape index (κ2) is 10.2. The van der Waals surface area contributed by atoms with Crippen molar-refractivity contribution >= 4 is 44.2 Å². The third-order valence-corrected chi connectivity index (χ3v) is 7.07. The van der Waals surface area contributed by atoms with E-state index in [1.807, 2.05) is 0 Å². The van der Waals surface area contributed by atoms with Crippen LogP contribution in [-0.2, 0) is 14.8 Å². The van der Waals surface area contributed by atoms with Gasteiger partial charge in [-0.3, -0.25) is 19.4 Å². The van der Waals surface area contributed by atoms with Gasteiger partial charge in [0, 0.05) is 17.3 Å². The quantitative estimate of drug-likeness (QED) is 0.470. The zero-order chi connectivity index (χ0) is 24.1. The maximum absolute atomic E-state index is 13.2. The van der Waals surface area contributed by atoms with Crippen LogP contribution >= 0.6 is 0 Å². The number of pyridine rings is 1. The number of amides is 1. The first kappa shape index (κ1) is 23.7. The molecule has 0 unspecified atom stereocenters. The van der Waals surface area contributed by atoms with Gasteiger partial charge in [0.15, 0.2) is 0 Å². The molecule has 0 atom stereocenters. The fraction of sp³-hybridized carbons (Fsp3) is 0.292. The van der Waals surface area contributed by atoms with E-state index in [-0.39, 0.29) is 34.1 Å². The lowest BCUT2D eigenvalue weighted by Gasteiger charge is -2.19. The van der Waals surface area contributed by atoms with Crippen molar-refractivity contribution in [3.63, 3.8) is 0 Å². The molecule has 10 heteroatoms. The Balaban J connectivity index is 1.53. The summed E-state index contributed by atoms with van der Waals surface area (Å²) >= 11 is 0. The minimum atomic E-state index is -4.16. The molecular weight excluding hydrogens is 456 g/mol. The average Bonchev–Trinajstić information content (AvgIpc) is 3.06. The van der Waals surface area contributed by atoms with Crippen molar-refractivity contribution in [2.75, 3.05) is 29.7 Å². The highest BCUT2D eigenvalue weighted by molar-refractivity contribution is 7.93. The van der Waals surface area contributed by atoms with Gasteiger partial charge >= 0.3 is 5.97 Å². The Bertz CT molecular complexity index is 1320.